The van der Waals surface area contributed by atoms with Crippen molar-refractivity contribution in [2.75, 3.05) is 42.0 Å². The van der Waals surface area contributed by atoms with Crippen molar-refractivity contribution in [1.82, 2.24) is 44.6 Å². The van der Waals surface area contributed by atoms with E-state index in [2.05, 4.69) is 15.6 Å². The molecule has 20 nitrogen and oxygen atoms in total. The number of pyridine rings is 1. The summed E-state index contributed by atoms with van der Waals surface area (Å²) < 4.78 is 76.7. The number of nitrogens with zero attached hydrogens (tertiary/aromatic N) is 8. The minimum absolute atomic E-state index is 0.0161. The highest BCUT2D eigenvalue weighted by Crippen LogP contribution is 2.41. The summed E-state index contributed by atoms with van der Waals surface area (Å²) in [5.74, 6) is -6.51. The fraction of sp³-hybridized carbons (Fsp3) is 0.319. The van der Waals surface area contributed by atoms with Crippen LogP contribution in [0.3, 0.4) is 0 Å². The number of imide groups is 2. The molecule has 3 fully saturated rings. The number of amides is 6. The molecule has 71 heavy (non-hydrogen) atoms. The molecule has 10 rings (SSSR count). The number of carbonyl (C=O) groups excluding carboxylic acids is 5. The first-order chi connectivity index (χ1) is 33.9. The predicted octanol–water partition coefficient (Wildman–Crippen LogP) is 5.28. The van der Waals surface area contributed by atoms with Gasteiger partial charge in [0.15, 0.2) is 0 Å². The number of aromatic nitrogens is 5. The lowest BCUT2D eigenvalue weighted by Gasteiger charge is -2.44. The van der Waals surface area contributed by atoms with Gasteiger partial charge in [-0.05, 0) is 68.1 Å². The largest absolute Gasteiger partial charge is 0.484 e. The van der Waals surface area contributed by atoms with Gasteiger partial charge >= 0.3 is 11.8 Å². The van der Waals surface area contributed by atoms with Gasteiger partial charge in [-0.2, -0.15) is 19.0 Å². The van der Waals surface area contributed by atoms with Gasteiger partial charge in [0.05, 0.1) is 46.0 Å². The van der Waals surface area contributed by atoms with Crippen molar-refractivity contribution in [1.29, 1.82) is 0 Å². The Bertz CT molecular complexity index is 3280. The Balaban J connectivity index is 0.801. The van der Waals surface area contributed by atoms with E-state index < -0.39 is 57.4 Å². The normalized spacial score (nSPS) is 18.2. The number of hydrogen-bond donors (Lipinski definition) is 4. The second-order valence-corrected chi connectivity index (χ2v) is 19.5. The maximum Gasteiger partial charge on any atom is 0.355 e. The number of urea groups is 1. The Labute approximate surface area is 402 Å². The molecular formula is C47H45F3N12O8S. The molecule has 3 aromatic heterocycles. The van der Waals surface area contributed by atoms with E-state index in [0.29, 0.717) is 83.6 Å². The lowest BCUT2D eigenvalue weighted by molar-refractivity contribution is -0.136. The molecule has 0 aliphatic carbocycles. The molecule has 1 unspecified atom stereocenters. The van der Waals surface area contributed by atoms with Crippen LogP contribution in [-0.2, 0) is 26.7 Å². The van der Waals surface area contributed by atoms with E-state index in [1.165, 1.54) is 48.5 Å². The molecular weight excluding hydrogens is 950 g/mol. The average molecular weight is 995 g/mol. The van der Waals surface area contributed by atoms with E-state index >= 15 is 0 Å². The summed E-state index contributed by atoms with van der Waals surface area (Å²) in [4.78, 5) is 73.6. The number of nitrogens with one attached hydrogen (secondary N) is 3. The molecule has 5 N–H and O–H groups in total. The van der Waals surface area contributed by atoms with Gasteiger partial charge in [0.1, 0.15) is 35.2 Å². The van der Waals surface area contributed by atoms with Crippen LogP contribution in [0.1, 0.15) is 71.0 Å². The van der Waals surface area contributed by atoms with Crippen molar-refractivity contribution in [3.8, 4) is 28.1 Å². The van der Waals surface area contributed by atoms with E-state index in [9.17, 15) is 45.6 Å². The van der Waals surface area contributed by atoms with Crippen molar-refractivity contribution in [3.63, 3.8) is 0 Å². The number of alkyl halides is 2. The highest BCUT2D eigenvalue weighted by Gasteiger charge is 2.46. The van der Waals surface area contributed by atoms with Crippen LogP contribution in [0.4, 0.5) is 35.2 Å². The van der Waals surface area contributed by atoms with Crippen molar-refractivity contribution in [3.05, 3.63) is 102 Å². The van der Waals surface area contributed by atoms with Crippen LogP contribution in [0.25, 0.3) is 33.3 Å². The number of anilines is 3. The first-order valence-electron chi connectivity index (χ1n) is 22.6. The van der Waals surface area contributed by atoms with Gasteiger partial charge in [0.25, 0.3) is 21.8 Å². The third kappa shape index (κ3) is 8.60. The molecule has 0 spiro atoms. The standard InChI is InChI=1S/C47H45F3N12O8S/c1-24(25-6-9-28(48)10-7-25)70-36-18-26(8-11-33(36)57-71(68,69)46(49)50)40-39-41(58(2)56-40)32(20-52-42(39)51)27-19-53-61(21-27)30-14-16-59(17-15-30)47(67)60-22-29(23-60)54-34-5-3-4-31-38(34)45(66)62(44(31)65)35-12-13-37(63)55-43(35)64/h3-11,18-21,24,29-30,35,46,54,57H,12-17,22-23H2,1-2H3,(H2,51,52)(H,55,63,64)/t24-,35?/m0/s1. The Morgan fingerprint density at radius 1 is 0.915 bits per heavy atom. The topological polar surface area (TPSA) is 249 Å². The molecule has 3 aromatic carbocycles. The van der Waals surface area contributed by atoms with Crippen molar-refractivity contribution >= 4 is 67.8 Å². The summed E-state index contributed by atoms with van der Waals surface area (Å²) in [6, 6.07) is 13.1. The number of likely N-dealkylation sites (tertiary alicyclic amines) is 2. The van der Waals surface area contributed by atoms with Crippen LogP contribution < -0.4 is 25.8 Å². The minimum Gasteiger partial charge on any atom is -0.484 e. The molecule has 0 bridgehead atoms. The Kier molecular flexibility index (Phi) is 11.9. The van der Waals surface area contributed by atoms with Crippen LogP contribution in [0.5, 0.6) is 5.75 Å². The number of halogens is 3. The number of carbonyl (C=O) groups is 5. The van der Waals surface area contributed by atoms with E-state index in [4.69, 9.17) is 20.7 Å². The second kappa shape index (κ2) is 18.1. The lowest BCUT2D eigenvalue weighted by atomic mass is 10.0. The number of piperidine rings is 2. The molecule has 4 aliphatic heterocycles. The van der Waals surface area contributed by atoms with E-state index in [1.54, 1.807) is 53.0 Å². The first-order valence-corrected chi connectivity index (χ1v) is 24.2. The highest BCUT2D eigenvalue weighted by molar-refractivity contribution is 7.93. The summed E-state index contributed by atoms with van der Waals surface area (Å²) in [7, 11) is -3.37. The van der Waals surface area contributed by atoms with Gasteiger partial charge in [0.2, 0.25) is 11.8 Å². The third-order valence-corrected chi connectivity index (χ3v) is 14.3. The molecule has 7 heterocycles. The second-order valence-electron chi connectivity index (χ2n) is 17.8. The zero-order valence-electron chi connectivity index (χ0n) is 38.0. The van der Waals surface area contributed by atoms with Crippen molar-refractivity contribution in [2.24, 2.45) is 7.05 Å². The van der Waals surface area contributed by atoms with Gasteiger partial charge in [-0.1, -0.05) is 24.3 Å². The molecule has 2 atom stereocenters. The van der Waals surface area contributed by atoms with Crippen LogP contribution in [0.15, 0.2) is 79.3 Å². The number of fused-ring (bicyclic) bond motifs is 2. The summed E-state index contributed by atoms with van der Waals surface area (Å²) in [6.07, 6.45) is 5.75. The van der Waals surface area contributed by atoms with Crippen LogP contribution in [-0.4, -0.2) is 121 Å². The van der Waals surface area contributed by atoms with Gasteiger partial charge < -0.3 is 25.6 Å². The van der Waals surface area contributed by atoms with Gasteiger partial charge in [-0.25, -0.2) is 22.6 Å². The Morgan fingerprint density at radius 3 is 2.38 bits per heavy atom. The van der Waals surface area contributed by atoms with Crippen LogP contribution in [0.2, 0.25) is 0 Å². The summed E-state index contributed by atoms with van der Waals surface area (Å²) >= 11 is 0. The molecule has 0 radical (unpaired) electrons. The zero-order chi connectivity index (χ0) is 50.0. The summed E-state index contributed by atoms with van der Waals surface area (Å²) in [6.45, 7) is 3.32. The van der Waals surface area contributed by atoms with E-state index in [-0.39, 0.29) is 59.3 Å². The van der Waals surface area contributed by atoms with Crippen LogP contribution >= 0.6 is 0 Å². The number of rotatable bonds is 12. The molecule has 6 aromatic rings. The molecule has 24 heteroatoms. The number of nitrogens with two attached hydrogens (primary N) is 1. The van der Waals surface area contributed by atoms with Gasteiger partial charge in [0, 0.05) is 74.4 Å². The SMILES string of the molecule is C[C@H](Oc1cc(-c2nn(C)c3c(-c4cnn(C5CCN(C(=O)N6CC(Nc7cccc8c7C(=O)N(C7CCC(=O)NC7=O)C8=O)C6)CC5)c4)cnc(N)c23)ccc1NS(=O)(=O)C(F)F)c1ccc(F)cc1. The number of ether oxygens (including phenoxy) is 1. The van der Waals surface area contributed by atoms with Crippen LogP contribution in [0, 0.1) is 5.82 Å². The number of aryl methyl sites for hydroxylation is 1. The van der Waals surface area contributed by atoms with E-state index in [0.717, 1.165) is 4.90 Å². The maximum absolute atomic E-state index is 13.7. The highest BCUT2D eigenvalue weighted by atomic mass is 32.2. The quantitative estimate of drug-likeness (QED) is 0.114. The first kappa shape index (κ1) is 46.7. The number of hydrogen-bond acceptors (Lipinski definition) is 13. The number of benzene rings is 3. The molecule has 0 saturated carbocycles. The molecule has 3 saturated heterocycles. The number of sulfonamides is 1. The number of nitrogen functional groups attached to an aromatic ring is 1. The third-order valence-electron chi connectivity index (χ3n) is 13.3. The smallest absolute Gasteiger partial charge is 0.355 e. The molecule has 6 amide bonds. The predicted molar refractivity (Wildman–Crippen MR) is 251 cm³/mol. The summed E-state index contributed by atoms with van der Waals surface area (Å²) in [5.41, 5.74) is 10.2. The average Bonchev–Trinajstić information content (AvgIpc) is 4.03. The molecule has 4 aliphatic rings. The van der Waals surface area contributed by atoms with Gasteiger partial charge in [-0.15, -0.1) is 0 Å². The van der Waals surface area contributed by atoms with Gasteiger partial charge in [-0.3, -0.25) is 43.5 Å². The minimum atomic E-state index is -5.09. The summed E-state index contributed by atoms with van der Waals surface area (Å²) in [5, 5.41) is 15.4. The van der Waals surface area contributed by atoms with Crippen molar-refractivity contribution < 1.29 is 50.3 Å². The maximum atomic E-state index is 13.7. The Hall–Kier alpha value is -8.02. The fourth-order valence-electron chi connectivity index (χ4n) is 9.57. The van der Waals surface area contributed by atoms with Crippen molar-refractivity contribution in [2.45, 2.75) is 62.6 Å². The monoisotopic (exact) mass is 994 g/mol. The Morgan fingerprint density at radius 2 is 1.66 bits per heavy atom. The lowest BCUT2D eigenvalue weighted by Crippen LogP contribution is -2.61. The fourth-order valence-corrected chi connectivity index (χ4v) is 10.1. The molecule has 368 valence electrons. The zero-order valence-corrected chi connectivity index (χ0v) is 38.8. The van der Waals surface area contributed by atoms with E-state index in [1.807, 2.05) is 15.6 Å².